The first-order valence-electron chi connectivity index (χ1n) is 5.62. The zero-order valence-corrected chi connectivity index (χ0v) is 10.1. The van der Waals surface area contributed by atoms with E-state index in [2.05, 4.69) is 10.1 Å². The van der Waals surface area contributed by atoms with Gasteiger partial charge in [0.25, 0.3) is 0 Å². The third-order valence-electron chi connectivity index (χ3n) is 2.72. The van der Waals surface area contributed by atoms with Crippen LogP contribution in [0.25, 0.3) is 5.52 Å². The molecule has 2 aromatic heterocycles. The number of nitrogen functional groups attached to an aromatic ring is 1. The first kappa shape index (κ1) is 14.0. The van der Waals surface area contributed by atoms with E-state index in [1.54, 1.807) is 6.07 Å². The topological polar surface area (TPSA) is 80.0 Å². The molecule has 2 N–H and O–H groups in total. The van der Waals surface area contributed by atoms with Crippen molar-refractivity contribution in [2.24, 2.45) is 0 Å². The van der Waals surface area contributed by atoms with E-state index in [1.807, 2.05) is 0 Å². The van der Waals surface area contributed by atoms with Gasteiger partial charge in [0.2, 0.25) is 5.95 Å². The highest BCUT2D eigenvalue weighted by Crippen LogP contribution is 2.26. The molecule has 20 heavy (non-hydrogen) atoms. The van der Waals surface area contributed by atoms with Gasteiger partial charge < -0.3 is 5.73 Å². The second-order valence-corrected chi connectivity index (χ2v) is 4.13. The van der Waals surface area contributed by atoms with E-state index in [4.69, 9.17) is 11.0 Å². The molecule has 0 aliphatic heterocycles. The predicted molar refractivity (Wildman–Crippen MR) is 61.1 cm³/mol. The molecule has 0 atom stereocenters. The number of anilines is 1. The summed E-state index contributed by atoms with van der Waals surface area (Å²) in [4.78, 5) is 3.59. The lowest BCUT2D eigenvalue weighted by Crippen LogP contribution is -2.09. The van der Waals surface area contributed by atoms with Gasteiger partial charge in [-0.15, -0.1) is 5.10 Å². The van der Waals surface area contributed by atoms with Crippen LogP contribution in [-0.4, -0.2) is 20.8 Å². The average Bonchev–Trinajstić information content (AvgIpc) is 2.60. The van der Waals surface area contributed by atoms with E-state index < -0.39 is 18.4 Å². The van der Waals surface area contributed by atoms with Gasteiger partial charge in [-0.3, -0.25) is 0 Å². The zero-order valence-electron chi connectivity index (χ0n) is 10.1. The van der Waals surface area contributed by atoms with Crippen LogP contribution < -0.4 is 5.73 Å². The average molecular weight is 287 g/mol. The van der Waals surface area contributed by atoms with E-state index in [1.165, 1.54) is 0 Å². The highest BCUT2D eigenvalue weighted by molar-refractivity contribution is 5.57. The summed E-state index contributed by atoms with van der Waals surface area (Å²) in [6, 6.07) is 1.63. The lowest BCUT2D eigenvalue weighted by molar-refractivity contribution is -0.135. The van der Waals surface area contributed by atoms with Crippen molar-refractivity contribution in [1.82, 2.24) is 14.6 Å². The Hall–Kier alpha value is -2.37. The summed E-state index contributed by atoms with van der Waals surface area (Å²) >= 11 is 0. The molecule has 0 saturated heterocycles. The quantitative estimate of drug-likeness (QED) is 0.878. The van der Waals surface area contributed by atoms with Gasteiger partial charge in [0, 0.05) is 6.42 Å². The molecule has 106 valence electrons. The molecule has 2 heterocycles. The number of alkyl halides is 3. The maximum absolute atomic E-state index is 13.9. The van der Waals surface area contributed by atoms with Gasteiger partial charge in [-0.2, -0.15) is 18.4 Å². The van der Waals surface area contributed by atoms with Crippen LogP contribution in [0.3, 0.4) is 0 Å². The Balaban J connectivity index is 2.40. The normalized spacial score (nSPS) is 11.8. The molecule has 0 unspecified atom stereocenters. The molecular weight excluding hydrogens is 278 g/mol. The molecule has 5 nitrogen and oxygen atoms in total. The summed E-state index contributed by atoms with van der Waals surface area (Å²) in [5, 5.41) is 12.7. The molecule has 0 amide bonds. The second-order valence-electron chi connectivity index (χ2n) is 4.13. The third-order valence-corrected chi connectivity index (χ3v) is 2.72. The van der Waals surface area contributed by atoms with Crippen LogP contribution in [0.5, 0.6) is 0 Å². The maximum Gasteiger partial charge on any atom is 0.389 e. The van der Waals surface area contributed by atoms with Crippen molar-refractivity contribution in [3.05, 3.63) is 23.3 Å². The minimum Gasteiger partial charge on any atom is -0.367 e. The van der Waals surface area contributed by atoms with Crippen LogP contribution in [-0.2, 0) is 6.42 Å². The van der Waals surface area contributed by atoms with Crippen LogP contribution in [0.4, 0.5) is 23.5 Å². The number of nitrogens with zero attached hydrogens (tertiary/aromatic N) is 4. The molecule has 0 aliphatic rings. The second kappa shape index (κ2) is 4.96. The van der Waals surface area contributed by atoms with E-state index in [9.17, 15) is 17.6 Å². The number of aromatic nitrogens is 3. The number of fused-ring (bicyclic) bond motifs is 1. The molecule has 0 saturated carbocycles. The Kier molecular flexibility index (Phi) is 3.48. The molecule has 0 bridgehead atoms. The minimum absolute atomic E-state index is 0.0679. The molecule has 0 aromatic carbocycles. The SMILES string of the molecule is N#Cc1c(F)c2cnc(N)nn2c1CCCC(F)(F)F. The fourth-order valence-electron chi connectivity index (χ4n) is 1.88. The van der Waals surface area contributed by atoms with Crippen molar-refractivity contribution >= 4 is 11.5 Å². The van der Waals surface area contributed by atoms with Gasteiger partial charge in [-0.25, -0.2) is 13.9 Å². The Morgan fingerprint density at radius 2 is 2.10 bits per heavy atom. The van der Waals surface area contributed by atoms with Crippen LogP contribution in [0, 0.1) is 17.1 Å². The fourth-order valence-corrected chi connectivity index (χ4v) is 1.88. The van der Waals surface area contributed by atoms with Crippen molar-refractivity contribution in [3.63, 3.8) is 0 Å². The summed E-state index contributed by atoms with van der Waals surface area (Å²) in [6.07, 6.45) is -4.64. The van der Waals surface area contributed by atoms with Gasteiger partial charge >= 0.3 is 6.18 Å². The number of halogens is 4. The first-order valence-corrected chi connectivity index (χ1v) is 5.62. The van der Waals surface area contributed by atoms with Crippen molar-refractivity contribution in [2.75, 3.05) is 5.73 Å². The Morgan fingerprint density at radius 1 is 1.40 bits per heavy atom. The standard InChI is InChI=1S/C11H9F4N5/c12-9-6(4-16)7(2-1-3-11(13,14)15)20-8(9)5-18-10(17)19-20/h5H,1-3H2,(H2,17,19). The summed E-state index contributed by atoms with van der Waals surface area (Å²) in [7, 11) is 0. The third kappa shape index (κ3) is 2.64. The van der Waals surface area contributed by atoms with Crippen LogP contribution in [0.15, 0.2) is 6.20 Å². The zero-order chi connectivity index (χ0) is 14.9. The maximum atomic E-state index is 13.9. The van der Waals surface area contributed by atoms with E-state index in [-0.39, 0.29) is 35.6 Å². The van der Waals surface area contributed by atoms with Crippen molar-refractivity contribution < 1.29 is 17.6 Å². The molecule has 2 rings (SSSR count). The lowest BCUT2D eigenvalue weighted by Gasteiger charge is -2.06. The highest BCUT2D eigenvalue weighted by Gasteiger charge is 2.27. The van der Waals surface area contributed by atoms with E-state index in [0.717, 1.165) is 10.7 Å². The molecular formula is C11H9F4N5. The molecule has 0 fully saturated rings. The van der Waals surface area contributed by atoms with E-state index >= 15 is 0 Å². The number of rotatable bonds is 3. The number of hydrogen-bond donors (Lipinski definition) is 1. The van der Waals surface area contributed by atoms with Crippen LogP contribution >= 0.6 is 0 Å². The minimum atomic E-state index is -4.30. The lowest BCUT2D eigenvalue weighted by atomic mass is 10.1. The molecule has 9 heteroatoms. The number of aryl methyl sites for hydroxylation is 1. The van der Waals surface area contributed by atoms with Crippen LogP contribution in [0.2, 0.25) is 0 Å². The number of nitrogens with two attached hydrogens (primary N) is 1. The summed E-state index contributed by atoms with van der Waals surface area (Å²) in [6.45, 7) is 0. The molecule has 0 spiro atoms. The molecule has 0 aliphatic carbocycles. The largest absolute Gasteiger partial charge is 0.389 e. The van der Waals surface area contributed by atoms with Gasteiger partial charge in [-0.05, 0) is 12.8 Å². The summed E-state index contributed by atoms with van der Waals surface area (Å²) < 4.78 is 51.3. The summed E-state index contributed by atoms with van der Waals surface area (Å²) in [5.74, 6) is -1.01. The summed E-state index contributed by atoms with van der Waals surface area (Å²) in [5.41, 5.74) is 5.02. The predicted octanol–water partition coefficient (Wildman–Crippen LogP) is 2.21. The van der Waals surface area contributed by atoms with Gasteiger partial charge in [0.1, 0.15) is 17.1 Å². The molecule has 0 radical (unpaired) electrons. The van der Waals surface area contributed by atoms with Gasteiger partial charge in [-0.1, -0.05) is 0 Å². The monoisotopic (exact) mass is 287 g/mol. The highest BCUT2D eigenvalue weighted by atomic mass is 19.4. The smallest absolute Gasteiger partial charge is 0.367 e. The van der Waals surface area contributed by atoms with Crippen molar-refractivity contribution in [1.29, 1.82) is 5.26 Å². The fraction of sp³-hybridized carbons (Fsp3) is 0.364. The van der Waals surface area contributed by atoms with Crippen molar-refractivity contribution in [3.8, 4) is 6.07 Å². The first-order chi connectivity index (χ1) is 9.33. The van der Waals surface area contributed by atoms with Crippen molar-refractivity contribution in [2.45, 2.75) is 25.4 Å². The Labute approximate surface area is 110 Å². The number of hydrogen-bond acceptors (Lipinski definition) is 4. The molecule has 2 aromatic rings. The Morgan fingerprint density at radius 3 is 2.70 bits per heavy atom. The Bertz CT molecular complexity index is 683. The number of nitriles is 1. The van der Waals surface area contributed by atoms with Gasteiger partial charge in [0.15, 0.2) is 5.82 Å². The van der Waals surface area contributed by atoms with E-state index in [0.29, 0.717) is 0 Å². The van der Waals surface area contributed by atoms with Crippen LogP contribution in [0.1, 0.15) is 24.1 Å². The van der Waals surface area contributed by atoms with Gasteiger partial charge in [0.05, 0.1) is 11.9 Å².